The number of nitrogens with zero attached hydrogens (tertiary/aromatic N) is 2. The first kappa shape index (κ1) is 21.1. The predicted molar refractivity (Wildman–Crippen MR) is 97.7 cm³/mol. The van der Waals surface area contributed by atoms with Crippen LogP contribution in [0.2, 0.25) is 0 Å². The summed E-state index contributed by atoms with van der Waals surface area (Å²) in [6, 6.07) is 2.58. The fourth-order valence-corrected chi connectivity index (χ4v) is 3.66. The van der Waals surface area contributed by atoms with E-state index in [2.05, 4.69) is 5.32 Å². The van der Waals surface area contributed by atoms with E-state index in [9.17, 15) is 27.6 Å². The number of hydrogen-bond acceptors (Lipinski definition) is 4. The molecule has 0 aliphatic carbocycles. The molecule has 2 atom stereocenters. The minimum absolute atomic E-state index is 0.00689. The average Bonchev–Trinajstić information content (AvgIpc) is 2.70. The molecule has 2 fully saturated rings. The van der Waals surface area contributed by atoms with E-state index >= 15 is 0 Å². The lowest BCUT2D eigenvalue weighted by molar-refractivity contribution is -0.152. The quantitative estimate of drug-likeness (QED) is 0.705. The third kappa shape index (κ3) is 4.52. The lowest BCUT2D eigenvalue weighted by Crippen LogP contribution is -2.69. The summed E-state index contributed by atoms with van der Waals surface area (Å²) in [5.41, 5.74) is 4.73. The number of carbonyl (C=O) groups excluding carboxylic acids is 3. The summed E-state index contributed by atoms with van der Waals surface area (Å²) in [5, 5.41) is 2.71. The Labute approximate surface area is 166 Å². The first-order chi connectivity index (χ1) is 13.7. The van der Waals surface area contributed by atoms with Gasteiger partial charge in [0.2, 0.25) is 11.8 Å². The molecule has 0 bridgehead atoms. The Morgan fingerprint density at radius 2 is 1.83 bits per heavy atom. The highest BCUT2D eigenvalue weighted by Gasteiger charge is 2.44. The third-order valence-electron chi connectivity index (χ3n) is 5.27. The molecule has 0 aromatic heterocycles. The van der Waals surface area contributed by atoms with Crippen LogP contribution in [0.25, 0.3) is 0 Å². The minimum Gasteiger partial charge on any atom is -0.342 e. The van der Waals surface area contributed by atoms with Crippen LogP contribution in [-0.2, 0) is 15.8 Å². The largest absolute Gasteiger partial charge is 0.416 e. The maximum absolute atomic E-state index is 12.7. The first-order valence-corrected chi connectivity index (χ1v) is 9.50. The van der Waals surface area contributed by atoms with Gasteiger partial charge in [0.25, 0.3) is 5.91 Å². The summed E-state index contributed by atoms with van der Waals surface area (Å²) in [5.74, 6) is -0.968. The van der Waals surface area contributed by atoms with Gasteiger partial charge >= 0.3 is 6.18 Å². The fraction of sp³-hybridized carbons (Fsp3) is 0.526. The molecule has 2 aliphatic heterocycles. The molecule has 158 valence electrons. The van der Waals surface area contributed by atoms with E-state index in [0.29, 0.717) is 13.0 Å². The number of halogens is 3. The van der Waals surface area contributed by atoms with Crippen LogP contribution in [0.15, 0.2) is 24.3 Å². The van der Waals surface area contributed by atoms with Gasteiger partial charge in [-0.3, -0.25) is 14.4 Å². The predicted octanol–water partition coefficient (Wildman–Crippen LogP) is 0.986. The van der Waals surface area contributed by atoms with Crippen molar-refractivity contribution in [3.8, 4) is 0 Å². The molecule has 3 N–H and O–H groups in total. The normalized spacial score (nSPS) is 22.3. The van der Waals surface area contributed by atoms with Crippen LogP contribution in [-0.4, -0.2) is 65.8 Å². The van der Waals surface area contributed by atoms with Crippen molar-refractivity contribution >= 4 is 17.7 Å². The third-order valence-corrected chi connectivity index (χ3v) is 5.27. The summed E-state index contributed by atoms with van der Waals surface area (Å²) in [7, 11) is 0. The number of alkyl halides is 3. The number of amides is 3. The SMILES string of the molecule is NCCCC[C@@H]1NC(=O)[C@H]2CN(C(=O)c3ccc(C(F)(F)F)cc3)CCN2C1=O. The van der Waals surface area contributed by atoms with Crippen molar-refractivity contribution in [2.45, 2.75) is 37.5 Å². The molecule has 0 saturated carbocycles. The molecule has 1 aromatic rings. The molecular weight excluding hydrogens is 389 g/mol. The summed E-state index contributed by atoms with van der Waals surface area (Å²) >= 11 is 0. The number of rotatable bonds is 5. The molecule has 2 saturated heterocycles. The summed E-state index contributed by atoms with van der Waals surface area (Å²) in [6.07, 6.45) is -2.48. The highest BCUT2D eigenvalue weighted by molar-refractivity contribution is 5.99. The minimum atomic E-state index is -4.48. The molecule has 2 heterocycles. The van der Waals surface area contributed by atoms with Gasteiger partial charge in [0.15, 0.2) is 0 Å². The molecule has 0 radical (unpaired) electrons. The van der Waals surface area contributed by atoms with Gasteiger partial charge in [-0.25, -0.2) is 0 Å². The molecule has 3 rings (SSSR count). The maximum Gasteiger partial charge on any atom is 0.416 e. The average molecular weight is 412 g/mol. The van der Waals surface area contributed by atoms with Gasteiger partial charge in [-0.15, -0.1) is 0 Å². The van der Waals surface area contributed by atoms with E-state index < -0.39 is 29.7 Å². The molecule has 0 spiro atoms. The molecule has 29 heavy (non-hydrogen) atoms. The molecule has 10 heteroatoms. The summed E-state index contributed by atoms with van der Waals surface area (Å²) < 4.78 is 38.1. The van der Waals surface area contributed by atoms with Gasteiger partial charge in [-0.2, -0.15) is 13.2 Å². The Morgan fingerprint density at radius 3 is 2.45 bits per heavy atom. The molecule has 2 aliphatic rings. The van der Waals surface area contributed by atoms with E-state index in [-0.39, 0.29) is 37.0 Å². The Kier molecular flexibility index (Phi) is 6.11. The van der Waals surface area contributed by atoms with Gasteiger partial charge in [0.1, 0.15) is 12.1 Å². The monoisotopic (exact) mass is 412 g/mol. The van der Waals surface area contributed by atoms with E-state index in [1.165, 1.54) is 9.80 Å². The van der Waals surface area contributed by atoms with Gasteiger partial charge in [-0.05, 0) is 50.1 Å². The van der Waals surface area contributed by atoms with Crippen LogP contribution in [0.4, 0.5) is 13.2 Å². The van der Waals surface area contributed by atoms with Crippen LogP contribution < -0.4 is 11.1 Å². The number of nitrogens with two attached hydrogens (primary N) is 1. The standard InChI is InChI=1S/C19H23F3N4O3/c20-19(21,22)13-6-4-12(5-7-13)17(28)25-9-10-26-15(11-25)16(27)24-14(18(26)29)3-1-2-8-23/h4-7,14-15H,1-3,8-11,23H2,(H,24,27)/t14-,15+/m0/s1. The highest BCUT2D eigenvalue weighted by Crippen LogP contribution is 2.29. The smallest absolute Gasteiger partial charge is 0.342 e. The van der Waals surface area contributed by atoms with Crippen LogP contribution >= 0.6 is 0 Å². The number of unbranched alkanes of at least 4 members (excludes halogenated alkanes) is 1. The maximum atomic E-state index is 12.7. The van der Waals surface area contributed by atoms with Crippen molar-refractivity contribution in [1.29, 1.82) is 0 Å². The molecule has 0 unspecified atom stereocenters. The highest BCUT2D eigenvalue weighted by atomic mass is 19.4. The number of benzene rings is 1. The zero-order valence-electron chi connectivity index (χ0n) is 15.7. The van der Waals surface area contributed by atoms with E-state index in [0.717, 1.165) is 37.1 Å². The van der Waals surface area contributed by atoms with Crippen molar-refractivity contribution < 1.29 is 27.6 Å². The van der Waals surface area contributed by atoms with Gasteiger partial charge < -0.3 is 20.9 Å². The first-order valence-electron chi connectivity index (χ1n) is 9.50. The van der Waals surface area contributed by atoms with Crippen molar-refractivity contribution in [3.63, 3.8) is 0 Å². The summed E-state index contributed by atoms with van der Waals surface area (Å²) in [6.45, 7) is 0.941. The molecule has 3 amide bonds. The van der Waals surface area contributed by atoms with Gasteiger partial charge in [0, 0.05) is 18.7 Å². The number of hydrogen-bond donors (Lipinski definition) is 2. The second-order valence-corrected chi connectivity index (χ2v) is 7.22. The van der Waals surface area contributed by atoms with Crippen molar-refractivity contribution in [1.82, 2.24) is 15.1 Å². The van der Waals surface area contributed by atoms with Crippen LogP contribution in [0.5, 0.6) is 0 Å². The van der Waals surface area contributed by atoms with Crippen molar-refractivity contribution in [2.75, 3.05) is 26.2 Å². The number of nitrogens with one attached hydrogen (secondary N) is 1. The Morgan fingerprint density at radius 1 is 1.14 bits per heavy atom. The van der Waals surface area contributed by atoms with Gasteiger partial charge in [-0.1, -0.05) is 0 Å². The van der Waals surface area contributed by atoms with Crippen LogP contribution in [0.1, 0.15) is 35.2 Å². The zero-order valence-corrected chi connectivity index (χ0v) is 15.7. The second kappa shape index (κ2) is 8.40. The number of carbonyl (C=O) groups is 3. The number of fused-ring (bicyclic) bond motifs is 1. The van der Waals surface area contributed by atoms with Crippen molar-refractivity contribution in [3.05, 3.63) is 35.4 Å². The summed E-state index contributed by atoms with van der Waals surface area (Å²) in [4.78, 5) is 40.7. The lowest BCUT2D eigenvalue weighted by Gasteiger charge is -2.45. The Bertz CT molecular complexity index is 782. The van der Waals surface area contributed by atoms with E-state index in [1.807, 2.05) is 0 Å². The van der Waals surface area contributed by atoms with Crippen molar-refractivity contribution in [2.24, 2.45) is 5.73 Å². The molecular formula is C19H23F3N4O3. The van der Waals surface area contributed by atoms with E-state index in [1.54, 1.807) is 0 Å². The fourth-order valence-electron chi connectivity index (χ4n) is 3.66. The Hall–Kier alpha value is -2.62. The number of piperazine rings is 2. The van der Waals surface area contributed by atoms with E-state index in [4.69, 9.17) is 5.73 Å². The molecule has 7 nitrogen and oxygen atoms in total. The van der Waals surface area contributed by atoms with Crippen LogP contribution in [0, 0.1) is 0 Å². The van der Waals surface area contributed by atoms with Gasteiger partial charge in [0.05, 0.1) is 12.1 Å². The zero-order chi connectivity index (χ0) is 21.2. The van der Waals surface area contributed by atoms with Crippen LogP contribution in [0.3, 0.4) is 0 Å². The molecule has 1 aromatic carbocycles. The lowest BCUT2D eigenvalue weighted by atomic mass is 9.99. The second-order valence-electron chi connectivity index (χ2n) is 7.22. The topological polar surface area (TPSA) is 95.7 Å². The Balaban J connectivity index is 1.65.